The first-order valence-corrected chi connectivity index (χ1v) is 5.62. The molecule has 4 heteroatoms. The van der Waals surface area contributed by atoms with Crippen LogP contribution in [0, 0.1) is 0 Å². The Kier molecular flexibility index (Phi) is 5.29. The quantitative estimate of drug-likeness (QED) is 0.830. The molecule has 0 atom stereocenters. The van der Waals surface area contributed by atoms with Crippen LogP contribution in [0.1, 0.15) is 19.4 Å². The fourth-order valence-electron chi connectivity index (χ4n) is 1.22. The van der Waals surface area contributed by atoms with Crippen molar-refractivity contribution in [2.24, 2.45) is 0 Å². The van der Waals surface area contributed by atoms with Gasteiger partial charge in [0.05, 0.1) is 6.10 Å². The first kappa shape index (κ1) is 13.0. The smallest absolute Gasteiger partial charge is 0.218 e. The molecule has 0 saturated heterocycles. The largest absolute Gasteiger partial charge is 0.475 e. The minimum atomic E-state index is 0.122. The summed E-state index contributed by atoms with van der Waals surface area (Å²) in [6.45, 7) is 8.82. The molecule has 1 heterocycles. The minimum Gasteiger partial charge on any atom is -0.475 e. The van der Waals surface area contributed by atoms with Crippen LogP contribution >= 0.6 is 11.6 Å². The number of hydrogen-bond donors (Lipinski definition) is 1. The molecule has 1 aromatic heterocycles. The van der Waals surface area contributed by atoms with E-state index in [1.807, 2.05) is 26.0 Å². The molecule has 0 aliphatic rings. The van der Waals surface area contributed by atoms with Crippen LogP contribution in [0.3, 0.4) is 0 Å². The van der Waals surface area contributed by atoms with Crippen LogP contribution in [0.4, 0.5) is 0 Å². The second-order valence-electron chi connectivity index (χ2n) is 3.76. The number of nitrogens with zero attached hydrogens (tertiary/aromatic N) is 1. The molecule has 0 fully saturated rings. The number of aromatic nitrogens is 1. The van der Waals surface area contributed by atoms with Crippen LogP contribution < -0.4 is 10.1 Å². The van der Waals surface area contributed by atoms with E-state index in [2.05, 4.69) is 16.9 Å². The van der Waals surface area contributed by atoms with Crippen molar-refractivity contribution in [3.05, 3.63) is 35.5 Å². The van der Waals surface area contributed by atoms with Crippen molar-refractivity contribution in [3.63, 3.8) is 0 Å². The lowest BCUT2D eigenvalue weighted by Crippen LogP contribution is -2.17. The molecule has 0 radical (unpaired) electrons. The van der Waals surface area contributed by atoms with E-state index in [9.17, 15) is 0 Å². The van der Waals surface area contributed by atoms with Gasteiger partial charge in [0.1, 0.15) is 0 Å². The zero-order valence-corrected chi connectivity index (χ0v) is 10.4. The van der Waals surface area contributed by atoms with Gasteiger partial charge < -0.3 is 10.1 Å². The highest BCUT2D eigenvalue weighted by Gasteiger charge is 2.05. The molecule has 1 N–H and O–H groups in total. The number of pyridine rings is 1. The third kappa shape index (κ3) is 4.64. The van der Waals surface area contributed by atoms with E-state index in [0.717, 1.165) is 5.56 Å². The summed E-state index contributed by atoms with van der Waals surface area (Å²) in [5, 5.41) is 3.76. The summed E-state index contributed by atoms with van der Waals surface area (Å²) in [6, 6.07) is 3.87. The second kappa shape index (κ2) is 6.51. The molecule has 0 aromatic carbocycles. The van der Waals surface area contributed by atoms with E-state index in [1.165, 1.54) is 0 Å². The predicted molar refractivity (Wildman–Crippen MR) is 66.7 cm³/mol. The molecule has 0 unspecified atom stereocenters. The maximum absolute atomic E-state index is 5.66. The van der Waals surface area contributed by atoms with Crippen molar-refractivity contribution in [2.45, 2.75) is 26.5 Å². The lowest BCUT2D eigenvalue weighted by molar-refractivity contribution is 0.229. The second-order valence-corrected chi connectivity index (χ2v) is 4.29. The summed E-state index contributed by atoms with van der Waals surface area (Å²) in [7, 11) is 0. The Balaban J connectivity index is 2.60. The van der Waals surface area contributed by atoms with Gasteiger partial charge in [-0.25, -0.2) is 4.98 Å². The standard InChI is InChI=1S/C12H17ClN2O/c1-9(2)16-12-11(5-4-6-15-12)8-14-7-10(3)13/h4-6,9,14H,3,7-8H2,1-2H3. The van der Waals surface area contributed by atoms with Gasteiger partial charge in [0.15, 0.2) is 0 Å². The number of hydrogen-bond acceptors (Lipinski definition) is 3. The molecular formula is C12H17ClN2O. The molecule has 0 aliphatic heterocycles. The Morgan fingerprint density at radius 1 is 1.62 bits per heavy atom. The van der Waals surface area contributed by atoms with Crippen LogP contribution in [0.5, 0.6) is 5.88 Å². The molecule has 0 spiro atoms. The minimum absolute atomic E-state index is 0.122. The molecule has 16 heavy (non-hydrogen) atoms. The lowest BCUT2D eigenvalue weighted by atomic mass is 10.2. The van der Waals surface area contributed by atoms with Crippen molar-refractivity contribution >= 4 is 11.6 Å². The van der Waals surface area contributed by atoms with Gasteiger partial charge in [-0.3, -0.25) is 0 Å². The summed E-state index contributed by atoms with van der Waals surface area (Å²) >= 11 is 5.66. The van der Waals surface area contributed by atoms with Gasteiger partial charge in [-0.15, -0.1) is 0 Å². The predicted octanol–water partition coefficient (Wildman–Crippen LogP) is 2.71. The zero-order valence-electron chi connectivity index (χ0n) is 9.66. The van der Waals surface area contributed by atoms with Gasteiger partial charge in [0.25, 0.3) is 0 Å². The van der Waals surface area contributed by atoms with Crippen LogP contribution in [-0.2, 0) is 6.54 Å². The Morgan fingerprint density at radius 3 is 3.00 bits per heavy atom. The Bertz CT molecular complexity index is 353. The zero-order chi connectivity index (χ0) is 12.0. The molecule has 1 rings (SSSR count). The Morgan fingerprint density at radius 2 is 2.38 bits per heavy atom. The van der Waals surface area contributed by atoms with Crippen LogP contribution in [0.15, 0.2) is 29.9 Å². The lowest BCUT2D eigenvalue weighted by Gasteiger charge is -2.13. The van der Waals surface area contributed by atoms with E-state index in [0.29, 0.717) is 24.0 Å². The topological polar surface area (TPSA) is 34.2 Å². The summed E-state index contributed by atoms with van der Waals surface area (Å²) in [4.78, 5) is 4.20. The molecule has 0 bridgehead atoms. The van der Waals surface area contributed by atoms with Crippen LogP contribution in [-0.4, -0.2) is 17.6 Å². The molecule has 3 nitrogen and oxygen atoms in total. The van der Waals surface area contributed by atoms with Crippen molar-refractivity contribution in [2.75, 3.05) is 6.54 Å². The fourth-order valence-corrected chi connectivity index (χ4v) is 1.32. The van der Waals surface area contributed by atoms with Gasteiger partial charge in [-0.2, -0.15) is 0 Å². The van der Waals surface area contributed by atoms with Crippen molar-refractivity contribution in [1.29, 1.82) is 0 Å². The third-order valence-corrected chi connectivity index (χ3v) is 1.96. The van der Waals surface area contributed by atoms with Crippen LogP contribution in [0.25, 0.3) is 0 Å². The van der Waals surface area contributed by atoms with E-state index >= 15 is 0 Å². The Labute approximate surface area is 101 Å². The maximum Gasteiger partial charge on any atom is 0.218 e. The summed E-state index contributed by atoms with van der Waals surface area (Å²) in [5.74, 6) is 0.671. The van der Waals surface area contributed by atoms with Gasteiger partial charge in [0, 0.05) is 29.9 Å². The molecule has 0 saturated carbocycles. The summed E-state index contributed by atoms with van der Waals surface area (Å²) in [5.41, 5.74) is 1.02. The highest BCUT2D eigenvalue weighted by atomic mass is 35.5. The van der Waals surface area contributed by atoms with Gasteiger partial charge in [-0.05, 0) is 19.9 Å². The Hall–Kier alpha value is -1.06. The number of halogens is 1. The highest BCUT2D eigenvalue weighted by Crippen LogP contribution is 2.15. The summed E-state index contributed by atoms with van der Waals surface area (Å²) in [6.07, 6.45) is 1.85. The fraction of sp³-hybridized carbons (Fsp3) is 0.417. The molecule has 1 aromatic rings. The third-order valence-electron chi connectivity index (χ3n) is 1.83. The number of rotatable bonds is 6. The molecule has 0 amide bonds. The van der Waals surface area contributed by atoms with Crippen molar-refractivity contribution in [1.82, 2.24) is 10.3 Å². The summed E-state index contributed by atoms with van der Waals surface area (Å²) < 4.78 is 5.60. The van der Waals surface area contributed by atoms with E-state index in [-0.39, 0.29) is 6.10 Å². The molecule has 0 aliphatic carbocycles. The first-order chi connectivity index (χ1) is 7.59. The first-order valence-electron chi connectivity index (χ1n) is 5.24. The van der Waals surface area contributed by atoms with Gasteiger partial charge in [0.2, 0.25) is 5.88 Å². The monoisotopic (exact) mass is 240 g/mol. The SMILES string of the molecule is C=C(Cl)CNCc1cccnc1OC(C)C. The average molecular weight is 241 g/mol. The van der Waals surface area contributed by atoms with Gasteiger partial charge >= 0.3 is 0 Å². The molecular weight excluding hydrogens is 224 g/mol. The number of nitrogens with one attached hydrogen (secondary N) is 1. The maximum atomic E-state index is 5.66. The molecule has 88 valence electrons. The average Bonchev–Trinajstić information content (AvgIpc) is 2.19. The van der Waals surface area contributed by atoms with Crippen molar-refractivity contribution in [3.8, 4) is 5.88 Å². The van der Waals surface area contributed by atoms with E-state index in [1.54, 1.807) is 6.20 Å². The van der Waals surface area contributed by atoms with E-state index < -0.39 is 0 Å². The number of ether oxygens (including phenoxy) is 1. The van der Waals surface area contributed by atoms with Gasteiger partial charge in [-0.1, -0.05) is 24.2 Å². The normalized spacial score (nSPS) is 10.5. The van der Waals surface area contributed by atoms with Crippen LogP contribution in [0.2, 0.25) is 0 Å². The van der Waals surface area contributed by atoms with E-state index in [4.69, 9.17) is 16.3 Å². The highest BCUT2D eigenvalue weighted by molar-refractivity contribution is 6.29. The van der Waals surface area contributed by atoms with Crippen molar-refractivity contribution < 1.29 is 4.74 Å².